The van der Waals surface area contributed by atoms with Gasteiger partial charge in [-0.25, -0.2) is 0 Å². The Morgan fingerprint density at radius 2 is 1.63 bits per heavy atom. The molecule has 0 radical (unpaired) electrons. The van der Waals surface area contributed by atoms with Crippen molar-refractivity contribution in [3.63, 3.8) is 0 Å². The number of epoxide rings is 1. The third-order valence-electron chi connectivity index (χ3n) is 7.01. The van der Waals surface area contributed by atoms with Crippen LogP contribution in [0, 0.1) is 0 Å². The summed E-state index contributed by atoms with van der Waals surface area (Å²) >= 11 is 0. The molecule has 5 aromatic rings. The van der Waals surface area contributed by atoms with Crippen molar-refractivity contribution in [1.29, 1.82) is 0 Å². The summed E-state index contributed by atoms with van der Waals surface area (Å²) in [4.78, 5) is 0. The number of hydrogen-bond acceptors (Lipinski definition) is 3. The van der Waals surface area contributed by atoms with Gasteiger partial charge in [0.25, 0.3) is 0 Å². The molecule has 174 valence electrons. The number of aryl methyl sites for hydroxylation is 2. The lowest BCUT2D eigenvalue weighted by atomic mass is 9.96. The van der Waals surface area contributed by atoms with E-state index in [0.29, 0.717) is 6.10 Å². The number of rotatable bonds is 8. The first-order valence-corrected chi connectivity index (χ1v) is 12.5. The maximum Gasteiger partial charge on any atom is 0.0810 e. The van der Waals surface area contributed by atoms with Crippen LogP contribution in [0.2, 0.25) is 0 Å². The summed E-state index contributed by atoms with van der Waals surface area (Å²) in [6.07, 6.45) is 7.51. The Morgan fingerprint density at radius 1 is 0.857 bits per heavy atom. The molecule has 1 aliphatic rings. The highest BCUT2D eigenvalue weighted by molar-refractivity contribution is 6.09. The van der Waals surface area contributed by atoms with Gasteiger partial charge in [-0.05, 0) is 66.3 Å². The number of aromatic nitrogens is 1. The summed E-state index contributed by atoms with van der Waals surface area (Å²) < 4.78 is 7.74. The summed E-state index contributed by atoms with van der Waals surface area (Å²) in [6.45, 7) is 4.06. The van der Waals surface area contributed by atoms with Crippen molar-refractivity contribution in [1.82, 2.24) is 4.57 Å². The molecule has 1 saturated heterocycles. The molecule has 1 aliphatic heterocycles. The molecule has 0 N–H and O–H groups in total. The van der Waals surface area contributed by atoms with Crippen molar-refractivity contribution < 1.29 is 4.74 Å². The van der Waals surface area contributed by atoms with Crippen molar-refractivity contribution in [2.75, 3.05) is 6.61 Å². The van der Waals surface area contributed by atoms with E-state index in [-0.39, 0.29) is 0 Å². The van der Waals surface area contributed by atoms with Crippen molar-refractivity contribution in [3.05, 3.63) is 95.6 Å². The van der Waals surface area contributed by atoms with Gasteiger partial charge in [0.1, 0.15) is 0 Å². The van der Waals surface area contributed by atoms with E-state index in [1.165, 1.54) is 43.7 Å². The van der Waals surface area contributed by atoms with Crippen LogP contribution in [0.4, 0.5) is 0 Å². The van der Waals surface area contributed by atoms with Gasteiger partial charge in [-0.3, -0.25) is 0 Å². The molecule has 2 heterocycles. The molecule has 1 aromatic heterocycles. The number of benzene rings is 4. The predicted molar refractivity (Wildman–Crippen MR) is 147 cm³/mol. The summed E-state index contributed by atoms with van der Waals surface area (Å²) in [6, 6.07) is 28.1. The zero-order valence-corrected chi connectivity index (χ0v) is 20.0. The van der Waals surface area contributed by atoms with Crippen LogP contribution in [0.5, 0.6) is 0 Å². The second kappa shape index (κ2) is 9.47. The number of fused-ring (bicyclic) bond motifs is 4. The molecule has 35 heavy (non-hydrogen) atoms. The van der Waals surface area contributed by atoms with Gasteiger partial charge in [0.15, 0.2) is 0 Å². The van der Waals surface area contributed by atoms with E-state index < -0.39 is 0 Å². The summed E-state index contributed by atoms with van der Waals surface area (Å²) in [7, 11) is 0. The molecule has 0 amide bonds. The lowest BCUT2D eigenvalue weighted by Gasteiger charge is -2.09. The molecule has 0 saturated carbocycles. The lowest BCUT2D eigenvalue weighted by molar-refractivity contribution is 0.392. The highest BCUT2D eigenvalue weighted by atomic mass is 16.6. The summed E-state index contributed by atoms with van der Waals surface area (Å²) in [5.74, 6) is 0. The molecular formula is C31H29N3O. The third-order valence-corrected chi connectivity index (χ3v) is 7.01. The first kappa shape index (κ1) is 21.8. The largest absolute Gasteiger partial charge is 0.373 e. The molecule has 0 bridgehead atoms. The van der Waals surface area contributed by atoms with Crippen molar-refractivity contribution in [3.8, 4) is 0 Å². The first-order chi connectivity index (χ1) is 17.3. The monoisotopic (exact) mass is 459 g/mol. The third kappa shape index (κ3) is 4.38. The quantitative estimate of drug-likeness (QED) is 0.138. The highest BCUT2D eigenvalue weighted by Crippen LogP contribution is 2.29. The molecule has 1 unspecified atom stereocenters. The molecule has 4 nitrogen and oxygen atoms in total. The molecule has 4 aromatic carbocycles. The van der Waals surface area contributed by atoms with Crippen LogP contribution in [0.3, 0.4) is 0 Å². The van der Waals surface area contributed by atoms with Crippen LogP contribution >= 0.6 is 0 Å². The van der Waals surface area contributed by atoms with Crippen LogP contribution in [0.15, 0.2) is 89.1 Å². The molecular weight excluding hydrogens is 430 g/mol. The van der Waals surface area contributed by atoms with Crippen LogP contribution in [-0.2, 0) is 17.7 Å². The second-order valence-electron chi connectivity index (χ2n) is 9.23. The smallest absolute Gasteiger partial charge is 0.0810 e. The number of para-hydroxylation sites is 1. The average Bonchev–Trinajstić information content (AvgIpc) is 3.67. The van der Waals surface area contributed by atoms with Gasteiger partial charge in [-0.1, -0.05) is 60.7 Å². The van der Waals surface area contributed by atoms with Gasteiger partial charge >= 0.3 is 0 Å². The van der Waals surface area contributed by atoms with E-state index >= 15 is 0 Å². The molecule has 0 spiro atoms. The Bertz CT molecular complexity index is 1570. The molecule has 4 heteroatoms. The summed E-state index contributed by atoms with van der Waals surface area (Å²) in [5.41, 5.74) is 6.06. The number of ether oxygens (including phenoxy) is 1. The Kier molecular flexibility index (Phi) is 5.89. The molecule has 1 fully saturated rings. The topological polar surface area (TPSA) is 42.2 Å². The van der Waals surface area contributed by atoms with Gasteiger partial charge < -0.3 is 9.30 Å². The van der Waals surface area contributed by atoms with E-state index in [1.807, 2.05) is 12.4 Å². The average molecular weight is 460 g/mol. The van der Waals surface area contributed by atoms with Crippen LogP contribution in [0.1, 0.15) is 36.5 Å². The summed E-state index contributed by atoms with van der Waals surface area (Å²) in [5, 5.41) is 13.9. The predicted octanol–water partition coefficient (Wildman–Crippen LogP) is 7.14. The van der Waals surface area contributed by atoms with Crippen molar-refractivity contribution in [2.24, 2.45) is 10.2 Å². The van der Waals surface area contributed by atoms with E-state index in [9.17, 15) is 0 Å². The molecule has 0 aliphatic carbocycles. The minimum atomic E-state index is 0.473. The Hall–Kier alpha value is -3.76. The normalized spacial score (nSPS) is 15.9. The van der Waals surface area contributed by atoms with Crippen LogP contribution in [0.25, 0.3) is 32.6 Å². The van der Waals surface area contributed by atoms with Gasteiger partial charge in [0.2, 0.25) is 0 Å². The van der Waals surface area contributed by atoms with E-state index in [2.05, 4.69) is 101 Å². The minimum Gasteiger partial charge on any atom is -0.373 e. The number of nitrogens with zero attached hydrogens (tertiary/aromatic N) is 3. The standard InChI is InChI=1S/C31H29N3O/c1-2-34-30-13-6-5-12-27(30)28-18-22(14-17-31(28)34)19-32-33-20-29-24(9-7-10-25-21-35-25)16-15-23-8-3-4-11-26(23)29/h3-6,8,11-20,25H,2,7,9-10,21H2,1H3/b32-19+,33-20+. The fourth-order valence-electron chi connectivity index (χ4n) is 5.15. The maximum atomic E-state index is 5.38. The Labute approximate surface area is 205 Å². The van der Waals surface area contributed by atoms with E-state index in [1.54, 1.807) is 0 Å². The zero-order chi connectivity index (χ0) is 23.6. The maximum absolute atomic E-state index is 5.38. The van der Waals surface area contributed by atoms with Crippen LogP contribution < -0.4 is 0 Å². The second-order valence-corrected chi connectivity index (χ2v) is 9.23. The fraction of sp³-hybridized carbons (Fsp3) is 0.226. The van der Waals surface area contributed by atoms with Gasteiger partial charge in [-0.2, -0.15) is 10.2 Å². The zero-order valence-electron chi connectivity index (χ0n) is 20.0. The van der Waals surface area contributed by atoms with E-state index in [4.69, 9.17) is 4.74 Å². The van der Waals surface area contributed by atoms with Gasteiger partial charge in [-0.15, -0.1) is 0 Å². The van der Waals surface area contributed by atoms with Crippen LogP contribution in [-0.4, -0.2) is 29.7 Å². The van der Waals surface area contributed by atoms with Gasteiger partial charge in [0, 0.05) is 33.9 Å². The van der Waals surface area contributed by atoms with Crippen molar-refractivity contribution >= 4 is 45.0 Å². The SMILES string of the molecule is CCn1c2ccccc2c2cc(/C=N/N=C/c3c(CCCC4CO4)ccc4ccccc34)ccc21. The first-order valence-electron chi connectivity index (χ1n) is 12.5. The lowest BCUT2D eigenvalue weighted by Crippen LogP contribution is -1.97. The van der Waals surface area contributed by atoms with E-state index in [0.717, 1.165) is 38.0 Å². The molecule has 6 rings (SSSR count). The highest BCUT2D eigenvalue weighted by Gasteiger charge is 2.21. The Balaban J connectivity index is 1.29. The minimum absolute atomic E-state index is 0.473. The van der Waals surface area contributed by atoms with Gasteiger partial charge in [0.05, 0.1) is 25.1 Å². The molecule has 1 atom stereocenters. The fourth-order valence-corrected chi connectivity index (χ4v) is 5.15. The van der Waals surface area contributed by atoms with Crippen molar-refractivity contribution in [2.45, 2.75) is 38.8 Å². The number of hydrogen-bond donors (Lipinski definition) is 0. The Morgan fingerprint density at radius 3 is 2.49 bits per heavy atom.